The minimum atomic E-state index is -3.93. The van der Waals surface area contributed by atoms with E-state index < -0.39 is 21.3 Å². The van der Waals surface area contributed by atoms with Gasteiger partial charge in [0.1, 0.15) is 11.5 Å². The molecule has 0 atom stereocenters. The van der Waals surface area contributed by atoms with Crippen molar-refractivity contribution >= 4 is 21.7 Å². The molecule has 0 bridgehead atoms. The number of nitrogens with two attached hydrogens (primary N) is 2. The lowest BCUT2D eigenvalue weighted by Crippen LogP contribution is -2.49. The maximum atomic E-state index is 13.2. The summed E-state index contributed by atoms with van der Waals surface area (Å²) in [7, 11) is -3.93. The number of rotatable bonds is 7. The molecule has 10 nitrogen and oxygen atoms in total. The van der Waals surface area contributed by atoms with E-state index in [4.69, 9.17) is 16.2 Å². The largest absolute Gasteiger partial charge is 0.382 e. The zero-order valence-electron chi connectivity index (χ0n) is 19.6. The molecule has 1 aromatic carbocycles. The first-order chi connectivity index (χ1) is 16.6. The number of pyridine rings is 1. The normalized spacial score (nSPS) is 15.6. The highest BCUT2D eigenvalue weighted by molar-refractivity contribution is 7.89. The van der Waals surface area contributed by atoms with Crippen LogP contribution in [0.3, 0.4) is 0 Å². The highest BCUT2D eigenvalue weighted by Gasteiger charge is 2.39. The van der Waals surface area contributed by atoms with Crippen LogP contribution >= 0.6 is 0 Å². The Morgan fingerprint density at radius 2 is 1.89 bits per heavy atom. The number of aromatic nitrogens is 3. The standard InChI is InChI=1S/C24H28N6O4S/c1-15-3-4-18(35(32,33)29-14-24(23(26)31)6-9-34-10-7-24)12-19(15)20-13-28-22(25)21(30-20)17-5-8-27-16(2)11-17/h3-5,8,11-13,29H,6-7,9-10,14H2,1-2H3,(H2,25,28)(H2,26,31). The van der Waals surface area contributed by atoms with E-state index in [1.54, 1.807) is 24.4 Å². The average molecular weight is 497 g/mol. The molecule has 3 aromatic rings. The summed E-state index contributed by atoms with van der Waals surface area (Å²) < 4.78 is 34.2. The molecule has 1 aliphatic rings. The molecule has 1 amide bonds. The molecule has 3 heterocycles. The zero-order valence-corrected chi connectivity index (χ0v) is 20.4. The van der Waals surface area contributed by atoms with Crippen molar-refractivity contribution in [2.24, 2.45) is 11.1 Å². The lowest BCUT2D eigenvalue weighted by atomic mass is 9.80. The summed E-state index contributed by atoms with van der Waals surface area (Å²) in [6, 6.07) is 8.41. The molecule has 0 unspecified atom stereocenters. The molecule has 2 aromatic heterocycles. The molecule has 35 heavy (non-hydrogen) atoms. The van der Waals surface area contributed by atoms with E-state index in [1.807, 2.05) is 19.9 Å². The van der Waals surface area contributed by atoms with Crippen LogP contribution in [0.25, 0.3) is 22.5 Å². The molecule has 0 aliphatic carbocycles. The fourth-order valence-electron chi connectivity index (χ4n) is 4.07. The number of ether oxygens (including phenoxy) is 1. The third-order valence-corrected chi connectivity index (χ3v) is 7.74. The predicted molar refractivity (Wildman–Crippen MR) is 131 cm³/mol. The van der Waals surface area contributed by atoms with Crippen molar-refractivity contribution in [1.82, 2.24) is 19.7 Å². The van der Waals surface area contributed by atoms with Gasteiger partial charge >= 0.3 is 0 Å². The molecule has 184 valence electrons. The second-order valence-corrected chi connectivity index (χ2v) is 10.5. The topological polar surface area (TPSA) is 163 Å². The molecular weight excluding hydrogens is 468 g/mol. The minimum absolute atomic E-state index is 0.0460. The lowest BCUT2D eigenvalue weighted by Gasteiger charge is -2.34. The summed E-state index contributed by atoms with van der Waals surface area (Å²) in [6.07, 6.45) is 3.91. The smallest absolute Gasteiger partial charge is 0.240 e. The number of hydrogen-bond acceptors (Lipinski definition) is 8. The van der Waals surface area contributed by atoms with Gasteiger partial charge in [-0.1, -0.05) is 6.07 Å². The number of carbonyl (C=O) groups is 1. The van der Waals surface area contributed by atoms with Gasteiger partial charge < -0.3 is 16.2 Å². The van der Waals surface area contributed by atoms with Crippen molar-refractivity contribution in [3.05, 3.63) is 54.0 Å². The van der Waals surface area contributed by atoms with Crippen LogP contribution in [0.4, 0.5) is 5.82 Å². The van der Waals surface area contributed by atoms with Crippen LogP contribution in [0.2, 0.25) is 0 Å². The van der Waals surface area contributed by atoms with Crippen molar-refractivity contribution in [2.75, 3.05) is 25.5 Å². The highest BCUT2D eigenvalue weighted by atomic mass is 32.2. The van der Waals surface area contributed by atoms with Gasteiger partial charge in [-0.2, -0.15) is 0 Å². The number of nitrogens with one attached hydrogen (secondary N) is 1. The third-order valence-electron chi connectivity index (χ3n) is 6.34. The Labute approximate surface area is 204 Å². The second-order valence-electron chi connectivity index (χ2n) is 8.73. The van der Waals surface area contributed by atoms with Gasteiger partial charge in [-0.3, -0.25) is 9.78 Å². The van der Waals surface area contributed by atoms with Crippen LogP contribution in [0.15, 0.2) is 47.6 Å². The quantitative estimate of drug-likeness (QED) is 0.447. The van der Waals surface area contributed by atoms with E-state index in [0.29, 0.717) is 43.0 Å². The number of nitrogens with zero attached hydrogens (tertiary/aromatic N) is 3. The molecule has 0 radical (unpaired) electrons. The van der Waals surface area contributed by atoms with Crippen molar-refractivity contribution in [3.8, 4) is 22.5 Å². The van der Waals surface area contributed by atoms with Crippen LogP contribution in [0.5, 0.6) is 0 Å². The maximum absolute atomic E-state index is 13.2. The summed E-state index contributed by atoms with van der Waals surface area (Å²) >= 11 is 0. The van der Waals surface area contributed by atoms with E-state index in [2.05, 4.69) is 19.7 Å². The van der Waals surface area contributed by atoms with Gasteiger partial charge in [-0.05, 0) is 56.5 Å². The highest BCUT2D eigenvalue weighted by Crippen LogP contribution is 2.31. The summed E-state index contributed by atoms with van der Waals surface area (Å²) in [5.74, 6) is -0.278. The summed E-state index contributed by atoms with van der Waals surface area (Å²) in [5.41, 5.74) is 14.7. The molecule has 0 spiro atoms. The van der Waals surface area contributed by atoms with Crippen LogP contribution in [-0.4, -0.2) is 49.0 Å². The van der Waals surface area contributed by atoms with Gasteiger partial charge in [0, 0.05) is 42.8 Å². The Balaban J connectivity index is 1.66. The van der Waals surface area contributed by atoms with Crippen LogP contribution < -0.4 is 16.2 Å². The van der Waals surface area contributed by atoms with Gasteiger partial charge in [-0.25, -0.2) is 23.1 Å². The van der Waals surface area contributed by atoms with Crippen LogP contribution in [0.1, 0.15) is 24.1 Å². The van der Waals surface area contributed by atoms with Crippen molar-refractivity contribution in [3.63, 3.8) is 0 Å². The number of nitrogen functional groups attached to an aromatic ring is 1. The van der Waals surface area contributed by atoms with Crippen molar-refractivity contribution in [2.45, 2.75) is 31.6 Å². The number of hydrogen-bond donors (Lipinski definition) is 3. The first-order valence-corrected chi connectivity index (χ1v) is 12.6. The Bertz CT molecular complexity index is 1370. The molecule has 0 saturated carbocycles. The second kappa shape index (κ2) is 9.68. The number of benzene rings is 1. The molecule has 1 fully saturated rings. The minimum Gasteiger partial charge on any atom is -0.382 e. The first kappa shape index (κ1) is 24.7. The molecule has 11 heteroatoms. The van der Waals surface area contributed by atoms with Gasteiger partial charge in [-0.15, -0.1) is 0 Å². The van der Waals surface area contributed by atoms with Crippen LogP contribution in [-0.2, 0) is 19.6 Å². The van der Waals surface area contributed by atoms with E-state index >= 15 is 0 Å². The number of anilines is 1. The van der Waals surface area contributed by atoms with Crippen molar-refractivity contribution in [1.29, 1.82) is 0 Å². The molecule has 4 rings (SSSR count). The number of aryl methyl sites for hydroxylation is 2. The fraction of sp³-hybridized carbons (Fsp3) is 0.333. The van der Waals surface area contributed by atoms with E-state index in [1.165, 1.54) is 12.3 Å². The molecule has 1 aliphatic heterocycles. The SMILES string of the molecule is Cc1cc(-c2nc(-c3cc(S(=O)(=O)NCC4(C(N)=O)CCOCC4)ccc3C)cnc2N)ccn1. The number of carbonyl (C=O) groups excluding carboxylic acids is 1. The molecular formula is C24H28N6O4S. The predicted octanol–water partition coefficient (Wildman–Crippen LogP) is 1.97. The van der Waals surface area contributed by atoms with E-state index in [-0.39, 0.29) is 17.3 Å². The number of sulfonamides is 1. The number of primary amides is 1. The van der Waals surface area contributed by atoms with Crippen LogP contribution in [0, 0.1) is 19.3 Å². The maximum Gasteiger partial charge on any atom is 0.240 e. The lowest BCUT2D eigenvalue weighted by molar-refractivity contribution is -0.132. The Hall–Kier alpha value is -3.41. The van der Waals surface area contributed by atoms with E-state index in [9.17, 15) is 13.2 Å². The summed E-state index contributed by atoms with van der Waals surface area (Å²) in [4.78, 5) is 25.3. The fourth-order valence-corrected chi connectivity index (χ4v) is 5.22. The Morgan fingerprint density at radius 1 is 1.14 bits per heavy atom. The Morgan fingerprint density at radius 3 is 2.57 bits per heavy atom. The first-order valence-electron chi connectivity index (χ1n) is 11.2. The van der Waals surface area contributed by atoms with E-state index in [0.717, 1.165) is 16.8 Å². The Kier molecular flexibility index (Phi) is 6.84. The third kappa shape index (κ3) is 5.16. The number of amides is 1. The van der Waals surface area contributed by atoms with Crippen molar-refractivity contribution < 1.29 is 17.9 Å². The summed E-state index contributed by atoms with van der Waals surface area (Å²) in [6.45, 7) is 4.34. The molecule has 1 saturated heterocycles. The van der Waals surface area contributed by atoms with Gasteiger partial charge in [0.05, 0.1) is 22.2 Å². The average Bonchev–Trinajstić information content (AvgIpc) is 2.84. The molecule has 5 N–H and O–H groups in total. The van der Waals surface area contributed by atoms with Gasteiger partial charge in [0.15, 0.2) is 0 Å². The van der Waals surface area contributed by atoms with Gasteiger partial charge in [0.25, 0.3) is 0 Å². The zero-order chi connectivity index (χ0) is 25.2. The van der Waals surface area contributed by atoms with Gasteiger partial charge in [0.2, 0.25) is 15.9 Å². The summed E-state index contributed by atoms with van der Waals surface area (Å²) in [5, 5.41) is 0. The monoisotopic (exact) mass is 496 g/mol.